The average molecular weight is 259 g/mol. The molecule has 2 heterocycles. The number of aromatic hydroxyl groups is 1. The van der Waals surface area contributed by atoms with E-state index in [4.69, 9.17) is 5.11 Å². The summed E-state index contributed by atoms with van der Waals surface area (Å²) in [5.41, 5.74) is 0.982. The summed E-state index contributed by atoms with van der Waals surface area (Å²) < 4.78 is 0. The van der Waals surface area contributed by atoms with Gasteiger partial charge >= 0.3 is 0 Å². The predicted molar refractivity (Wildman–Crippen MR) is 57.3 cm³/mol. The Morgan fingerprint density at radius 3 is 2.46 bits per heavy atom. The van der Waals surface area contributed by atoms with Crippen molar-refractivity contribution in [1.82, 2.24) is 9.97 Å². The topological polar surface area (TPSA) is 46.0 Å². The summed E-state index contributed by atoms with van der Waals surface area (Å²) in [6.45, 7) is 0. The molecule has 0 atom stereocenters. The van der Waals surface area contributed by atoms with Gasteiger partial charge in [0.15, 0.2) is 0 Å². The van der Waals surface area contributed by atoms with Gasteiger partial charge in [0.1, 0.15) is 5.01 Å². The summed E-state index contributed by atoms with van der Waals surface area (Å²) in [5, 5.41) is 11.4. The number of pyridine rings is 1. The lowest BCUT2D eigenvalue weighted by Crippen LogP contribution is -1.75. The van der Waals surface area contributed by atoms with Gasteiger partial charge in [-0.15, -0.1) is 28.3 Å². The van der Waals surface area contributed by atoms with E-state index in [1.807, 2.05) is 12.1 Å². The van der Waals surface area contributed by atoms with E-state index in [0.717, 1.165) is 10.6 Å². The highest BCUT2D eigenvalue weighted by atomic mass is 79.9. The van der Waals surface area contributed by atoms with Gasteiger partial charge in [0.2, 0.25) is 5.88 Å². The molecule has 13 heavy (non-hydrogen) atoms. The van der Waals surface area contributed by atoms with Crippen LogP contribution < -0.4 is 0 Å². The summed E-state index contributed by atoms with van der Waals surface area (Å²) in [5.74, 6) is 0.0758. The van der Waals surface area contributed by atoms with Crippen LogP contribution in [0.2, 0.25) is 0 Å². The fourth-order valence-electron chi connectivity index (χ4n) is 0.892. The summed E-state index contributed by atoms with van der Waals surface area (Å²) in [4.78, 5) is 7.82. The summed E-state index contributed by atoms with van der Waals surface area (Å²) in [6, 6.07) is 3.72. The fourth-order valence-corrected chi connectivity index (χ4v) is 1.58. The molecule has 0 fully saturated rings. The first-order valence-electron chi connectivity index (χ1n) is 3.41. The normalized spacial score (nSPS) is 9.23. The molecule has 0 aliphatic carbocycles. The maximum atomic E-state index is 9.00. The van der Waals surface area contributed by atoms with Gasteiger partial charge in [-0.3, -0.25) is 4.98 Å². The van der Waals surface area contributed by atoms with Gasteiger partial charge in [0.05, 0.1) is 5.38 Å². The first-order chi connectivity index (χ1) is 5.86. The lowest BCUT2D eigenvalue weighted by Gasteiger charge is -1.91. The smallest absolute Gasteiger partial charge is 0.222 e. The van der Waals surface area contributed by atoms with Crippen molar-refractivity contribution in [1.29, 1.82) is 0 Å². The van der Waals surface area contributed by atoms with Gasteiger partial charge in [-0.05, 0) is 12.1 Å². The second-order valence-corrected chi connectivity index (χ2v) is 3.10. The first kappa shape index (κ1) is 10.1. The minimum absolute atomic E-state index is 0. The van der Waals surface area contributed by atoms with Crippen LogP contribution in [0, 0.1) is 0 Å². The van der Waals surface area contributed by atoms with Crippen molar-refractivity contribution in [3.8, 4) is 16.5 Å². The number of nitrogens with zero attached hydrogens (tertiary/aromatic N) is 2. The van der Waals surface area contributed by atoms with E-state index >= 15 is 0 Å². The molecule has 0 amide bonds. The highest BCUT2D eigenvalue weighted by molar-refractivity contribution is 8.93. The molecule has 0 unspecified atom stereocenters. The highest BCUT2D eigenvalue weighted by Crippen LogP contribution is 2.25. The lowest BCUT2D eigenvalue weighted by atomic mass is 10.3. The Bertz CT molecular complexity index is 377. The van der Waals surface area contributed by atoms with Crippen LogP contribution in [0.1, 0.15) is 0 Å². The standard InChI is InChI=1S/C8H6N2OS.BrH/c11-7-5-12-8(10-7)6-1-3-9-4-2-6;/h1-5,11H;1H. The third-order valence-corrected chi connectivity index (χ3v) is 2.30. The number of halogens is 1. The molecule has 5 heteroatoms. The van der Waals surface area contributed by atoms with E-state index in [1.54, 1.807) is 17.8 Å². The van der Waals surface area contributed by atoms with E-state index in [2.05, 4.69) is 9.97 Å². The van der Waals surface area contributed by atoms with Crippen molar-refractivity contribution in [3.05, 3.63) is 29.9 Å². The zero-order valence-electron chi connectivity index (χ0n) is 6.54. The van der Waals surface area contributed by atoms with E-state index in [-0.39, 0.29) is 22.9 Å². The van der Waals surface area contributed by atoms with Gasteiger partial charge in [-0.2, -0.15) is 0 Å². The van der Waals surface area contributed by atoms with Gasteiger partial charge < -0.3 is 5.11 Å². The van der Waals surface area contributed by atoms with Crippen molar-refractivity contribution >= 4 is 28.3 Å². The molecular weight excluding hydrogens is 252 g/mol. The maximum Gasteiger partial charge on any atom is 0.222 e. The molecule has 2 aromatic rings. The first-order valence-corrected chi connectivity index (χ1v) is 4.29. The SMILES string of the molecule is Br.Oc1csc(-c2ccncc2)n1. The van der Waals surface area contributed by atoms with E-state index in [9.17, 15) is 0 Å². The average Bonchev–Trinajstić information content (AvgIpc) is 2.54. The van der Waals surface area contributed by atoms with Crippen molar-refractivity contribution < 1.29 is 5.11 Å². The Labute approximate surface area is 89.9 Å². The third kappa shape index (κ3) is 2.26. The number of thiazole rings is 1. The number of aromatic nitrogens is 2. The number of hydrogen-bond acceptors (Lipinski definition) is 4. The zero-order chi connectivity index (χ0) is 8.39. The second-order valence-electron chi connectivity index (χ2n) is 2.25. The Morgan fingerprint density at radius 2 is 1.92 bits per heavy atom. The van der Waals surface area contributed by atoms with E-state index < -0.39 is 0 Å². The van der Waals surface area contributed by atoms with Crippen LogP contribution in [-0.2, 0) is 0 Å². The highest BCUT2D eigenvalue weighted by Gasteiger charge is 2.01. The van der Waals surface area contributed by atoms with Crippen LogP contribution in [0.15, 0.2) is 29.9 Å². The molecule has 2 rings (SSSR count). The minimum atomic E-state index is 0. The summed E-state index contributed by atoms with van der Waals surface area (Å²) in [6.07, 6.45) is 3.40. The van der Waals surface area contributed by atoms with E-state index in [0.29, 0.717) is 0 Å². The molecule has 0 aliphatic rings. The van der Waals surface area contributed by atoms with Crippen LogP contribution in [-0.4, -0.2) is 15.1 Å². The van der Waals surface area contributed by atoms with Crippen LogP contribution >= 0.6 is 28.3 Å². The van der Waals surface area contributed by atoms with Crippen LogP contribution in [0.5, 0.6) is 5.88 Å². The minimum Gasteiger partial charge on any atom is -0.493 e. The molecule has 0 aliphatic heterocycles. The molecule has 68 valence electrons. The number of rotatable bonds is 1. The Morgan fingerprint density at radius 1 is 1.23 bits per heavy atom. The quantitative estimate of drug-likeness (QED) is 0.855. The zero-order valence-corrected chi connectivity index (χ0v) is 9.07. The summed E-state index contributed by atoms with van der Waals surface area (Å²) >= 11 is 1.41. The lowest BCUT2D eigenvalue weighted by molar-refractivity contribution is 0.458. The molecule has 0 bridgehead atoms. The van der Waals surface area contributed by atoms with Crippen LogP contribution in [0.25, 0.3) is 10.6 Å². The molecule has 2 aromatic heterocycles. The van der Waals surface area contributed by atoms with Gasteiger partial charge in [-0.25, -0.2) is 4.98 Å². The number of hydrogen-bond donors (Lipinski definition) is 1. The molecule has 1 N–H and O–H groups in total. The molecule has 0 saturated carbocycles. The van der Waals surface area contributed by atoms with Crippen LogP contribution in [0.3, 0.4) is 0 Å². The molecule has 0 radical (unpaired) electrons. The van der Waals surface area contributed by atoms with E-state index in [1.165, 1.54) is 11.3 Å². The molecule has 3 nitrogen and oxygen atoms in total. The second kappa shape index (κ2) is 4.34. The third-order valence-electron chi connectivity index (χ3n) is 1.42. The van der Waals surface area contributed by atoms with Crippen molar-refractivity contribution in [2.24, 2.45) is 0 Å². The molecule has 0 aromatic carbocycles. The van der Waals surface area contributed by atoms with Crippen molar-refractivity contribution in [2.75, 3.05) is 0 Å². The van der Waals surface area contributed by atoms with Gasteiger partial charge in [-0.1, -0.05) is 0 Å². The molecule has 0 saturated heterocycles. The Kier molecular flexibility index (Phi) is 3.39. The molecular formula is C8H7BrN2OS. The van der Waals surface area contributed by atoms with Crippen molar-refractivity contribution in [3.63, 3.8) is 0 Å². The Hall–Kier alpha value is -0.940. The van der Waals surface area contributed by atoms with Crippen LogP contribution in [0.4, 0.5) is 0 Å². The largest absolute Gasteiger partial charge is 0.493 e. The molecule has 0 spiro atoms. The fraction of sp³-hybridized carbons (Fsp3) is 0. The van der Waals surface area contributed by atoms with Crippen molar-refractivity contribution in [2.45, 2.75) is 0 Å². The monoisotopic (exact) mass is 258 g/mol. The van der Waals surface area contributed by atoms with Gasteiger partial charge in [0, 0.05) is 18.0 Å². The maximum absolute atomic E-state index is 9.00. The van der Waals surface area contributed by atoms with Gasteiger partial charge in [0.25, 0.3) is 0 Å². The summed E-state index contributed by atoms with van der Waals surface area (Å²) in [7, 11) is 0. The Balaban J connectivity index is 0.000000845. The predicted octanol–water partition coefficient (Wildman–Crippen LogP) is 2.49.